The fourth-order valence-corrected chi connectivity index (χ4v) is 3.17. The Labute approximate surface area is 115 Å². The Hall–Kier alpha value is -1.16. The molecule has 0 aliphatic carbocycles. The minimum atomic E-state index is 0.568. The summed E-state index contributed by atoms with van der Waals surface area (Å²) in [6, 6.07) is 8.06. The summed E-state index contributed by atoms with van der Waals surface area (Å²) in [4.78, 5) is 12.3. The summed E-state index contributed by atoms with van der Waals surface area (Å²) in [6.07, 6.45) is 2.46. The summed E-state index contributed by atoms with van der Waals surface area (Å²) in [5.74, 6) is 1.04. The van der Waals surface area contributed by atoms with Crippen LogP contribution in [0.1, 0.15) is 18.5 Å². The molecule has 94 valence electrons. The molecule has 1 unspecified atom stereocenters. The summed E-state index contributed by atoms with van der Waals surface area (Å²) < 4.78 is 0. The zero-order valence-corrected chi connectivity index (χ0v) is 12.0. The van der Waals surface area contributed by atoms with Gasteiger partial charge < -0.3 is 4.90 Å². The minimum absolute atomic E-state index is 0.568. The third-order valence-corrected chi connectivity index (χ3v) is 4.13. The average Bonchev–Trinajstić information content (AvgIpc) is 2.38. The number of fused-ring (bicyclic) bond motifs is 1. The van der Waals surface area contributed by atoms with Crippen molar-refractivity contribution < 1.29 is 0 Å². The Morgan fingerprint density at radius 1 is 1.22 bits per heavy atom. The van der Waals surface area contributed by atoms with Crippen molar-refractivity contribution in [1.29, 1.82) is 0 Å². The maximum absolute atomic E-state index is 4.78. The van der Waals surface area contributed by atoms with Crippen molar-refractivity contribution >= 4 is 32.8 Å². The van der Waals surface area contributed by atoms with Crippen LogP contribution < -0.4 is 4.90 Å². The van der Waals surface area contributed by atoms with E-state index in [1.807, 2.05) is 31.2 Å². The van der Waals surface area contributed by atoms with Crippen LogP contribution in [0.15, 0.2) is 24.3 Å². The van der Waals surface area contributed by atoms with Gasteiger partial charge in [-0.25, -0.2) is 9.97 Å². The summed E-state index contributed by atoms with van der Waals surface area (Å²) in [6.45, 7) is 4.15. The van der Waals surface area contributed by atoms with Crippen LogP contribution in [-0.4, -0.2) is 27.9 Å². The smallest absolute Gasteiger partial charge is 0.150 e. The lowest BCUT2D eigenvalue weighted by molar-refractivity contribution is 0.590. The first-order valence-electron chi connectivity index (χ1n) is 6.36. The lowest BCUT2D eigenvalue weighted by Gasteiger charge is -2.31. The highest BCUT2D eigenvalue weighted by atomic mass is 79.9. The fraction of sp³-hybridized carbons (Fsp3) is 0.429. The number of aryl methyl sites for hydroxylation is 1. The monoisotopic (exact) mass is 305 g/mol. The van der Waals surface area contributed by atoms with Gasteiger partial charge in [0.2, 0.25) is 0 Å². The van der Waals surface area contributed by atoms with E-state index in [1.54, 1.807) is 0 Å². The van der Waals surface area contributed by atoms with E-state index < -0.39 is 0 Å². The quantitative estimate of drug-likeness (QED) is 0.757. The molecule has 2 aromatic rings. The van der Waals surface area contributed by atoms with Crippen molar-refractivity contribution in [1.82, 2.24) is 9.97 Å². The molecule has 2 heterocycles. The van der Waals surface area contributed by atoms with Crippen LogP contribution in [0, 0.1) is 6.92 Å². The van der Waals surface area contributed by atoms with Gasteiger partial charge in [-0.3, -0.25) is 0 Å². The van der Waals surface area contributed by atoms with E-state index in [-0.39, 0.29) is 0 Å². The highest BCUT2D eigenvalue weighted by molar-refractivity contribution is 9.09. The van der Waals surface area contributed by atoms with Crippen molar-refractivity contribution in [3.63, 3.8) is 0 Å². The van der Waals surface area contributed by atoms with Gasteiger partial charge in [-0.05, 0) is 31.9 Å². The third kappa shape index (κ3) is 2.21. The second-order valence-corrected chi connectivity index (χ2v) is 6.10. The van der Waals surface area contributed by atoms with Crippen LogP contribution in [0.3, 0.4) is 0 Å². The van der Waals surface area contributed by atoms with Gasteiger partial charge in [-0.2, -0.15) is 0 Å². The number of anilines is 1. The van der Waals surface area contributed by atoms with Crippen molar-refractivity contribution in [2.75, 3.05) is 18.0 Å². The Bertz CT molecular complexity index is 570. The lowest BCUT2D eigenvalue weighted by atomic mass is 10.1. The summed E-state index contributed by atoms with van der Waals surface area (Å²) in [5, 5.41) is 0. The number of hydrogen-bond acceptors (Lipinski definition) is 3. The van der Waals surface area contributed by atoms with Crippen molar-refractivity contribution in [2.24, 2.45) is 0 Å². The molecule has 1 saturated heterocycles. The number of halogens is 1. The molecule has 4 heteroatoms. The predicted octanol–water partition coefficient (Wildman–Crippen LogP) is 3.30. The highest BCUT2D eigenvalue weighted by Crippen LogP contribution is 2.25. The average molecular weight is 306 g/mol. The lowest BCUT2D eigenvalue weighted by Crippen LogP contribution is -2.36. The van der Waals surface area contributed by atoms with E-state index in [2.05, 4.69) is 25.8 Å². The summed E-state index contributed by atoms with van der Waals surface area (Å²) in [7, 11) is 0. The maximum atomic E-state index is 4.78. The second-order valence-electron chi connectivity index (χ2n) is 4.81. The Kier molecular flexibility index (Phi) is 3.20. The van der Waals surface area contributed by atoms with Crippen molar-refractivity contribution in [3.05, 3.63) is 30.0 Å². The molecule has 3 rings (SSSR count). The van der Waals surface area contributed by atoms with Crippen molar-refractivity contribution in [3.8, 4) is 0 Å². The molecule has 0 amide bonds. The predicted molar refractivity (Wildman–Crippen MR) is 78.4 cm³/mol. The van der Waals surface area contributed by atoms with E-state index in [9.17, 15) is 0 Å². The first-order chi connectivity index (χ1) is 8.74. The molecule has 1 aliphatic rings. The number of rotatable bonds is 1. The molecule has 1 aromatic heterocycles. The van der Waals surface area contributed by atoms with Gasteiger partial charge in [0.1, 0.15) is 0 Å². The molecular weight excluding hydrogens is 290 g/mol. The van der Waals surface area contributed by atoms with E-state index in [0.717, 1.165) is 35.6 Å². The normalized spacial score (nSPS) is 20.3. The van der Waals surface area contributed by atoms with Gasteiger partial charge in [-0.1, -0.05) is 28.1 Å². The van der Waals surface area contributed by atoms with E-state index >= 15 is 0 Å². The molecule has 18 heavy (non-hydrogen) atoms. The van der Waals surface area contributed by atoms with E-state index in [1.165, 1.54) is 12.8 Å². The van der Waals surface area contributed by atoms with Gasteiger partial charge in [0.15, 0.2) is 5.82 Å². The van der Waals surface area contributed by atoms with Gasteiger partial charge in [0.05, 0.1) is 16.7 Å². The molecule has 0 saturated carbocycles. The number of benzene rings is 1. The number of para-hydroxylation sites is 2. The molecule has 0 radical (unpaired) electrons. The van der Waals surface area contributed by atoms with Crippen LogP contribution in [0.2, 0.25) is 0 Å². The topological polar surface area (TPSA) is 29.0 Å². The van der Waals surface area contributed by atoms with Gasteiger partial charge in [-0.15, -0.1) is 0 Å². The maximum Gasteiger partial charge on any atom is 0.150 e. The molecule has 0 bridgehead atoms. The van der Waals surface area contributed by atoms with Crippen LogP contribution in [-0.2, 0) is 0 Å². The third-order valence-electron chi connectivity index (χ3n) is 3.38. The van der Waals surface area contributed by atoms with E-state index in [4.69, 9.17) is 4.98 Å². The Morgan fingerprint density at radius 3 is 2.67 bits per heavy atom. The number of piperidine rings is 1. The van der Waals surface area contributed by atoms with Crippen LogP contribution in [0.25, 0.3) is 11.0 Å². The Morgan fingerprint density at radius 2 is 1.94 bits per heavy atom. The standard InChI is InChI=1S/C14H16BrN3/c1-10-14(18-8-4-5-11(15)9-18)17-13-7-3-2-6-12(13)16-10/h2-3,6-7,11H,4-5,8-9H2,1H3. The van der Waals surface area contributed by atoms with Crippen LogP contribution >= 0.6 is 15.9 Å². The molecule has 0 spiro atoms. The number of aromatic nitrogens is 2. The van der Waals surface area contributed by atoms with Crippen molar-refractivity contribution in [2.45, 2.75) is 24.6 Å². The zero-order valence-electron chi connectivity index (χ0n) is 10.4. The van der Waals surface area contributed by atoms with Gasteiger partial charge in [0, 0.05) is 17.9 Å². The van der Waals surface area contributed by atoms with Gasteiger partial charge in [0.25, 0.3) is 0 Å². The fourth-order valence-electron chi connectivity index (χ4n) is 2.50. The molecule has 0 N–H and O–H groups in total. The van der Waals surface area contributed by atoms with Crippen LogP contribution in [0.5, 0.6) is 0 Å². The number of nitrogens with zero attached hydrogens (tertiary/aromatic N) is 3. The minimum Gasteiger partial charge on any atom is -0.354 e. The molecular formula is C14H16BrN3. The number of alkyl halides is 1. The number of hydrogen-bond donors (Lipinski definition) is 0. The van der Waals surface area contributed by atoms with Crippen LogP contribution in [0.4, 0.5) is 5.82 Å². The second kappa shape index (κ2) is 4.84. The zero-order chi connectivity index (χ0) is 12.5. The Balaban J connectivity index is 2.02. The molecule has 3 nitrogen and oxygen atoms in total. The highest BCUT2D eigenvalue weighted by Gasteiger charge is 2.20. The molecule has 1 fully saturated rings. The summed E-state index contributed by atoms with van der Waals surface area (Å²) >= 11 is 3.71. The molecule has 1 aliphatic heterocycles. The first kappa shape index (κ1) is 11.9. The largest absolute Gasteiger partial charge is 0.354 e. The first-order valence-corrected chi connectivity index (χ1v) is 7.28. The van der Waals surface area contributed by atoms with E-state index in [0.29, 0.717) is 4.83 Å². The SMILES string of the molecule is Cc1nc2ccccc2nc1N1CCCC(Br)C1. The summed E-state index contributed by atoms with van der Waals surface area (Å²) in [5.41, 5.74) is 2.98. The molecule has 1 aromatic carbocycles. The van der Waals surface area contributed by atoms with Gasteiger partial charge >= 0.3 is 0 Å². The molecule has 1 atom stereocenters.